The van der Waals surface area contributed by atoms with Gasteiger partial charge in [-0.3, -0.25) is 25.0 Å². The molecule has 1 aliphatic rings. The first kappa shape index (κ1) is 17.0. The fraction of sp³-hybridized carbons (Fsp3) is 0.0556. The van der Waals surface area contributed by atoms with Crippen LogP contribution in [0.25, 0.3) is 6.08 Å². The lowest BCUT2D eigenvalue weighted by Gasteiger charge is -2.26. The van der Waals surface area contributed by atoms with E-state index in [-0.39, 0.29) is 11.3 Å². The Balaban J connectivity index is 2.04. The minimum Gasteiger partial charge on any atom is -0.273 e. The Bertz CT molecular complexity index is 966. The number of nitro benzene ring substituents is 1. The third kappa shape index (κ3) is 3.07. The number of urea groups is 1. The predicted octanol–water partition coefficient (Wildman–Crippen LogP) is 2.57. The van der Waals surface area contributed by atoms with Gasteiger partial charge in [-0.2, -0.15) is 0 Å². The van der Waals surface area contributed by atoms with Gasteiger partial charge < -0.3 is 0 Å². The largest absolute Gasteiger partial charge is 0.335 e. The molecule has 8 nitrogen and oxygen atoms in total. The summed E-state index contributed by atoms with van der Waals surface area (Å²) in [6.45, 7) is 1.59. The van der Waals surface area contributed by atoms with Gasteiger partial charge in [0.1, 0.15) is 5.57 Å². The molecule has 0 spiro atoms. The van der Waals surface area contributed by atoms with Gasteiger partial charge in [0.2, 0.25) is 0 Å². The fourth-order valence-electron chi connectivity index (χ4n) is 2.55. The number of nitrogens with one attached hydrogen (secondary N) is 1. The van der Waals surface area contributed by atoms with Crippen LogP contribution in [0.15, 0.2) is 54.1 Å². The van der Waals surface area contributed by atoms with Gasteiger partial charge in [0.05, 0.1) is 10.6 Å². The van der Waals surface area contributed by atoms with E-state index in [0.29, 0.717) is 16.8 Å². The Labute approximate surface area is 147 Å². The molecular formula is C18H13N3O5. The molecule has 0 saturated carbocycles. The highest BCUT2D eigenvalue weighted by Gasteiger charge is 2.36. The molecule has 0 radical (unpaired) electrons. The van der Waals surface area contributed by atoms with Crippen LogP contribution in [-0.4, -0.2) is 22.8 Å². The van der Waals surface area contributed by atoms with E-state index in [1.807, 2.05) is 0 Å². The molecule has 0 aliphatic carbocycles. The molecular weight excluding hydrogens is 338 g/mol. The Kier molecular flexibility index (Phi) is 4.32. The molecule has 1 saturated heterocycles. The van der Waals surface area contributed by atoms with Gasteiger partial charge in [-0.05, 0) is 30.7 Å². The zero-order chi connectivity index (χ0) is 18.8. The van der Waals surface area contributed by atoms with Crippen molar-refractivity contribution in [1.82, 2.24) is 5.32 Å². The lowest BCUT2D eigenvalue weighted by molar-refractivity contribution is -0.385. The maximum Gasteiger partial charge on any atom is 0.335 e. The Morgan fingerprint density at radius 3 is 2.42 bits per heavy atom. The number of carbonyl (C=O) groups excluding carboxylic acids is 3. The lowest BCUT2D eigenvalue weighted by atomic mass is 10.0. The number of benzene rings is 2. The molecule has 0 unspecified atom stereocenters. The van der Waals surface area contributed by atoms with Crippen LogP contribution >= 0.6 is 0 Å². The van der Waals surface area contributed by atoms with Crippen molar-refractivity contribution in [1.29, 1.82) is 0 Å². The Morgan fingerprint density at radius 2 is 1.77 bits per heavy atom. The third-order valence-corrected chi connectivity index (χ3v) is 3.86. The number of amides is 4. The van der Waals surface area contributed by atoms with Gasteiger partial charge in [-0.1, -0.05) is 30.3 Å². The van der Waals surface area contributed by atoms with E-state index in [2.05, 4.69) is 5.32 Å². The molecule has 1 N–H and O–H groups in total. The second kappa shape index (κ2) is 6.60. The molecule has 1 fully saturated rings. The predicted molar refractivity (Wildman–Crippen MR) is 93.3 cm³/mol. The molecule has 2 aromatic rings. The highest BCUT2D eigenvalue weighted by Crippen LogP contribution is 2.24. The smallest absolute Gasteiger partial charge is 0.273 e. The van der Waals surface area contributed by atoms with E-state index >= 15 is 0 Å². The van der Waals surface area contributed by atoms with E-state index in [1.54, 1.807) is 43.3 Å². The summed E-state index contributed by atoms with van der Waals surface area (Å²) < 4.78 is 0. The quantitative estimate of drug-likeness (QED) is 0.395. The third-order valence-electron chi connectivity index (χ3n) is 3.86. The zero-order valence-electron chi connectivity index (χ0n) is 13.6. The average Bonchev–Trinajstić information content (AvgIpc) is 2.60. The van der Waals surface area contributed by atoms with E-state index in [1.165, 1.54) is 18.2 Å². The van der Waals surface area contributed by atoms with Gasteiger partial charge in [0.15, 0.2) is 0 Å². The number of hydrogen-bond donors (Lipinski definition) is 1. The Morgan fingerprint density at radius 1 is 1.08 bits per heavy atom. The second-order valence-corrected chi connectivity index (χ2v) is 5.60. The first-order valence-electron chi connectivity index (χ1n) is 7.60. The SMILES string of the molecule is Cc1ccc(C=C2C(=O)NC(=O)N(c3ccccc3)C2=O)cc1[N+](=O)[O-]. The molecule has 26 heavy (non-hydrogen) atoms. The van der Waals surface area contributed by atoms with Gasteiger partial charge in [0.25, 0.3) is 17.5 Å². The highest BCUT2D eigenvalue weighted by atomic mass is 16.6. The van der Waals surface area contributed by atoms with Gasteiger partial charge in [0, 0.05) is 11.6 Å². The number of hydrogen-bond acceptors (Lipinski definition) is 5. The molecule has 4 amide bonds. The van der Waals surface area contributed by atoms with Crippen LogP contribution in [0.3, 0.4) is 0 Å². The van der Waals surface area contributed by atoms with Crippen LogP contribution in [0, 0.1) is 17.0 Å². The van der Waals surface area contributed by atoms with Crippen LogP contribution in [0.4, 0.5) is 16.2 Å². The van der Waals surface area contributed by atoms with E-state index in [9.17, 15) is 24.5 Å². The van der Waals surface area contributed by atoms with Crippen molar-refractivity contribution >= 4 is 35.3 Å². The molecule has 0 bridgehead atoms. The number of aryl methyl sites for hydroxylation is 1. The van der Waals surface area contributed by atoms with Crippen molar-refractivity contribution in [3.8, 4) is 0 Å². The molecule has 130 valence electrons. The standard InChI is InChI=1S/C18H13N3O5/c1-11-7-8-12(10-15(11)21(25)26)9-14-16(22)19-18(24)20(17(14)23)13-5-3-2-4-6-13/h2-10H,1H3,(H,19,22,24). The molecule has 0 atom stereocenters. The molecule has 1 heterocycles. The van der Waals surface area contributed by atoms with Crippen molar-refractivity contribution < 1.29 is 19.3 Å². The van der Waals surface area contributed by atoms with E-state index in [4.69, 9.17) is 0 Å². The second-order valence-electron chi connectivity index (χ2n) is 5.60. The first-order valence-corrected chi connectivity index (χ1v) is 7.60. The topological polar surface area (TPSA) is 110 Å². The molecule has 3 rings (SSSR count). The van der Waals surface area contributed by atoms with Crippen LogP contribution in [0.5, 0.6) is 0 Å². The zero-order valence-corrected chi connectivity index (χ0v) is 13.6. The summed E-state index contributed by atoms with van der Waals surface area (Å²) in [4.78, 5) is 48.2. The number of imide groups is 2. The van der Waals surface area contributed by atoms with Crippen LogP contribution in [0.1, 0.15) is 11.1 Å². The van der Waals surface area contributed by atoms with Gasteiger partial charge in [-0.25, -0.2) is 9.69 Å². The summed E-state index contributed by atoms with van der Waals surface area (Å²) in [5, 5.41) is 13.2. The number of barbiturate groups is 1. The van der Waals surface area contributed by atoms with E-state index < -0.39 is 22.8 Å². The average molecular weight is 351 g/mol. The summed E-state index contributed by atoms with van der Waals surface area (Å²) >= 11 is 0. The normalized spacial score (nSPS) is 16.0. The van der Waals surface area contributed by atoms with Crippen molar-refractivity contribution in [2.75, 3.05) is 4.90 Å². The maximum absolute atomic E-state index is 12.7. The summed E-state index contributed by atoms with van der Waals surface area (Å²) in [6, 6.07) is 11.6. The molecule has 0 aromatic heterocycles. The monoisotopic (exact) mass is 351 g/mol. The number of nitrogens with zero attached hydrogens (tertiary/aromatic N) is 2. The minimum atomic E-state index is -0.851. The van der Waals surface area contributed by atoms with Gasteiger partial charge in [-0.15, -0.1) is 0 Å². The van der Waals surface area contributed by atoms with Crippen LogP contribution in [0.2, 0.25) is 0 Å². The fourth-order valence-corrected chi connectivity index (χ4v) is 2.55. The van der Waals surface area contributed by atoms with Crippen molar-refractivity contribution in [3.05, 3.63) is 75.3 Å². The number of para-hydroxylation sites is 1. The van der Waals surface area contributed by atoms with Crippen molar-refractivity contribution in [3.63, 3.8) is 0 Å². The molecule has 1 aliphatic heterocycles. The summed E-state index contributed by atoms with van der Waals surface area (Å²) in [7, 11) is 0. The first-order chi connectivity index (χ1) is 12.4. The minimum absolute atomic E-state index is 0.126. The molecule has 2 aromatic carbocycles. The van der Waals surface area contributed by atoms with E-state index in [0.717, 1.165) is 4.90 Å². The van der Waals surface area contributed by atoms with Gasteiger partial charge >= 0.3 is 6.03 Å². The summed E-state index contributed by atoms with van der Waals surface area (Å²) in [6.07, 6.45) is 1.23. The number of rotatable bonds is 3. The summed E-state index contributed by atoms with van der Waals surface area (Å²) in [5.74, 6) is -1.65. The van der Waals surface area contributed by atoms with Crippen LogP contribution < -0.4 is 10.2 Å². The van der Waals surface area contributed by atoms with Crippen LogP contribution in [-0.2, 0) is 9.59 Å². The van der Waals surface area contributed by atoms with Crippen molar-refractivity contribution in [2.24, 2.45) is 0 Å². The Hall–Kier alpha value is -3.81. The maximum atomic E-state index is 12.7. The lowest BCUT2D eigenvalue weighted by Crippen LogP contribution is -2.54. The van der Waals surface area contributed by atoms with Crippen molar-refractivity contribution in [2.45, 2.75) is 6.92 Å². The summed E-state index contributed by atoms with van der Waals surface area (Å²) in [5.41, 5.74) is 0.662. The number of carbonyl (C=O) groups is 3. The highest BCUT2D eigenvalue weighted by molar-refractivity contribution is 6.39. The number of anilines is 1. The molecule has 8 heteroatoms. The number of nitro groups is 1.